The zero-order chi connectivity index (χ0) is 15.0. The topological polar surface area (TPSA) is 20.2 Å². The van der Waals surface area contributed by atoms with E-state index < -0.39 is 0 Å². The molecule has 0 atom stereocenters. The monoisotopic (exact) mass is 285 g/mol. The Kier molecular flexibility index (Phi) is 4.05. The van der Waals surface area contributed by atoms with Crippen molar-refractivity contribution in [3.8, 4) is 0 Å². The first-order valence-corrected chi connectivity index (χ1v) is 8.18. The molecule has 0 amide bonds. The average Bonchev–Trinajstić information content (AvgIpc) is 2.99. The van der Waals surface area contributed by atoms with E-state index in [2.05, 4.69) is 54.7 Å². The predicted molar refractivity (Wildman–Crippen MR) is 89.7 cm³/mol. The molecule has 0 saturated heterocycles. The Morgan fingerprint density at radius 3 is 2.52 bits per heavy atom. The summed E-state index contributed by atoms with van der Waals surface area (Å²) in [4.78, 5) is 2.51. The van der Waals surface area contributed by atoms with E-state index in [-0.39, 0.29) is 0 Å². The molecule has 114 valence electrons. The van der Waals surface area contributed by atoms with Crippen LogP contribution in [0.5, 0.6) is 0 Å². The summed E-state index contributed by atoms with van der Waals surface area (Å²) in [7, 11) is 2.20. The molecule has 1 aromatic heterocycles. The summed E-state index contributed by atoms with van der Waals surface area (Å²) in [5.41, 5.74) is 7.38. The predicted octanol–water partition coefficient (Wildman–Crippen LogP) is 2.97. The molecule has 0 aliphatic carbocycles. The Labute approximate surface area is 127 Å². The number of rotatable bonds is 5. The third-order valence-electron chi connectivity index (χ3n) is 4.98. The largest absolute Gasteiger partial charge is 0.348 e. The van der Waals surface area contributed by atoms with Crippen LogP contribution in [-0.2, 0) is 26.6 Å². The second-order valence-corrected chi connectivity index (χ2v) is 6.17. The van der Waals surface area contributed by atoms with Gasteiger partial charge in [0.25, 0.3) is 0 Å². The van der Waals surface area contributed by atoms with Gasteiger partial charge in [-0.3, -0.25) is 4.90 Å². The van der Waals surface area contributed by atoms with Crippen LogP contribution >= 0.6 is 0 Å². The molecule has 1 aliphatic heterocycles. The van der Waals surface area contributed by atoms with Gasteiger partial charge >= 0.3 is 0 Å². The average molecular weight is 285 g/mol. The second-order valence-electron chi connectivity index (χ2n) is 6.17. The Balaban J connectivity index is 2.02. The summed E-state index contributed by atoms with van der Waals surface area (Å²) in [5.74, 6) is 0. The number of nitrogens with one attached hydrogen (secondary N) is 1. The SMILES string of the molecule is CCNCCc1c(C)n(C)c2cc3c(cc12)CN(CC)C3. The van der Waals surface area contributed by atoms with Crippen molar-refractivity contribution >= 4 is 10.9 Å². The maximum absolute atomic E-state index is 3.45. The Hall–Kier alpha value is -1.32. The number of likely N-dealkylation sites (N-methyl/N-ethyl adjacent to an activating group) is 1. The molecule has 0 fully saturated rings. The number of fused-ring (bicyclic) bond motifs is 2. The van der Waals surface area contributed by atoms with Gasteiger partial charge in [0.1, 0.15) is 0 Å². The molecule has 3 rings (SSSR count). The third kappa shape index (κ3) is 2.49. The highest BCUT2D eigenvalue weighted by atomic mass is 15.1. The number of hydrogen-bond donors (Lipinski definition) is 1. The number of nitrogens with zero attached hydrogens (tertiary/aromatic N) is 2. The minimum Gasteiger partial charge on any atom is -0.348 e. The van der Waals surface area contributed by atoms with E-state index >= 15 is 0 Å². The first kappa shape index (κ1) is 14.6. The molecule has 1 N–H and O–H groups in total. The summed E-state index contributed by atoms with van der Waals surface area (Å²) < 4.78 is 2.37. The molecule has 0 saturated carbocycles. The van der Waals surface area contributed by atoms with E-state index in [1.165, 1.54) is 33.3 Å². The lowest BCUT2D eigenvalue weighted by Gasteiger charge is -2.09. The van der Waals surface area contributed by atoms with E-state index in [0.29, 0.717) is 0 Å². The van der Waals surface area contributed by atoms with E-state index in [1.807, 2.05) is 0 Å². The van der Waals surface area contributed by atoms with Crippen molar-refractivity contribution in [2.45, 2.75) is 40.3 Å². The number of benzene rings is 1. The summed E-state index contributed by atoms with van der Waals surface area (Å²) >= 11 is 0. The van der Waals surface area contributed by atoms with Crippen molar-refractivity contribution in [1.29, 1.82) is 0 Å². The molecule has 0 radical (unpaired) electrons. The van der Waals surface area contributed by atoms with Gasteiger partial charge in [0.2, 0.25) is 0 Å². The van der Waals surface area contributed by atoms with Gasteiger partial charge in [-0.1, -0.05) is 13.8 Å². The zero-order valence-electron chi connectivity index (χ0n) is 13.8. The molecule has 2 aromatic rings. The van der Waals surface area contributed by atoms with E-state index in [0.717, 1.165) is 39.1 Å². The van der Waals surface area contributed by atoms with Gasteiger partial charge in [0.05, 0.1) is 0 Å². The van der Waals surface area contributed by atoms with E-state index in [1.54, 1.807) is 0 Å². The fourth-order valence-corrected chi connectivity index (χ4v) is 3.54. The van der Waals surface area contributed by atoms with Crippen LogP contribution in [0.2, 0.25) is 0 Å². The maximum Gasteiger partial charge on any atom is 0.0486 e. The lowest BCUT2D eigenvalue weighted by molar-refractivity contribution is 0.301. The van der Waals surface area contributed by atoms with Crippen LogP contribution in [0.25, 0.3) is 10.9 Å². The van der Waals surface area contributed by atoms with Gasteiger partial charge in [0.15, 0.2) is 0 Å². The van der Waals surface area contributed by atoms with Crippen molar-refractivity contribution in [3.63, 3.8) is 0 Å². The summed E-state index contributed by atoms with van der Waals surface area (Å²) in [6, 6.07) is 4.87. The highest BCUT2D eigenvalue weighted by Crippen LogP contribution is 2.32. The van der Waals surface area contributed by atoms with Gasteiger partial charge in [-0.15, -0.1) is 0 Å². The number of aromatic nitrogens is 1. The van der Waals surface area contributed by atoms with Crippen molar-refractivity contribution < 1.29 is 0 Å². The van der Waals surface area contributed by atoms with Crippen LogP contribution in [-0.4, -0.2) is 29.1 Å². The molecular weight excluding hydrogens is 258 g/mol. The molecule has 1 aromatic carbocycles. The van der Waals surface area contributed by atoms with Gasteiger partial charge in [-0.05, 0) is 61.8 Å². The lowest BCUT2D eigenvalue weighted by Crippen LogP contribution is -2.16. The number of hydrogen-bond acceptors (Lipinski definition) is 2. The first-order valence-electron chi connectivity index (χ1n) is 8.18. The van der Waals surface area contributed by atoms with Crippen LogP contribution < -0.4 is 5.32 Å². The van der Waals surface area contributed by atoms with E-state index in [9.17, 15) is 0 Å². The Morgan fingerprint density at radius 2 is 1.86 bits per heavy atom. The number of aryl methyl sites for hydroxylation is 1. The van der Waals surface area contributed by atoms with Crippen molar-refractivity contribution in [3.05, 3.63) is 34.5 Å². The molecule has 0 spiro atoms. The highest BCUT2D eigenvalue weighted by molar-refractivity contribution is 5.87. The molecule has 1 aliphatic rings. The normalized spacial score (nSPS) is 15.0. The molecule has 0 unspecified atom stereocenters. The molecule has 0 bridgehead atoms. The molecule has 21 heavy (non-hydrogen) atoms. The van der Waals surface area contributed by atoms with Crippen molar-refractivity contribution in [2.75, 3.05) is 19.6 Å². The fraction of sp³-hybridized carbons (Fsp3) is 0.556. The first-order chi connectivity index (χ1) is 10.2. The Morgan fingerprint density at radius 1 is 1.14 bits per heavy atom. The standard InChI is InChI=1S/C18H27N3/c1-5-19-8-7-16-13(3)20(4)18-10-15-12-21(6-2)11-14(15)9-17(16)18/h9-10,19H,5-8,11-12H2,1-4H3. The zero-order valence-corrected chi connectivity index (χ0v) is 13.8. The van der Waals surface area contributed by atoms with Gasteiger partial charge in [0, 0.05) is 36.7 Å². The summed E-state index contributed by atoms with van der Waals surface area (Å²) in [6.45, 7) is 12.1. The van der Waals surface area contributed by atoms with Crippen LogP contribution in [0.15, 0.2) is 12.1 Å². The minimum atomic E-state index is 1.05. The van der Waals surface area contributed by atoms with Gasteiger partial charge < -0.3 is 9.88 Å². The van der Waals surface area contributed by atoms with E-state index in [4.69, 9.17) is 0 Å². The second kappa shape index (κ2) is 5.82. The quantitative estimate of drug-likeness (QED) is 0.852. The van der Waals surface area contributed by atoms with Crippen LogP contribution in [0.4, 0.5) is 0 Å². The molecule has 2 heterocycles. The van der Waals surface area contributed by atoms with Crippen molar-refractivity contribution in [1.82, 2.24) is 14.8 Å². The van der Waals surface area contributed by atoms with Crippen LogP contribution in [0, 0.1) is 6.92 Å². The smallest absolute Gasteiger partial charge is 0.0486 e. The van der Waals surface area contributed by atoms with Gasteiger partial charge in [-0.25, -0.2) is 0 Å². The van der Waals surface area contributed by atoms with Crippen LogP contribution in [0.1, 0.15) is 36.2 Å². The highest BCUT2D eigenvalue weighted by Gasteiger charge is 2.21. The lowest BCUT2D eigenvalue weighted by atomic mass is 10.0. The minimum absolute atomic E-state index is 1.05. The van der Waals surface area contributed by atoms with Crippen molar-refractivity contribution in [2.24, 2.45) is 7.05 Å². The third-order valence-corrected chi connectivity index (χ3v) is 4.98. The van der Waals surface area contributed by atoms with Gasteiger partial charge in [-0.2, -0.15) is 0 Å². The Bertz CT molecular complexity index is 654. The molecule has 3 nitrogen and oxygen atoms in total. The molecule has 3 heteroatoms. The van der Waals surface area contributed by atoms with Crippen LogP contribution in [0.3, 0.4) is 0 Å². The maximum atomic E-state index is 3.45. The molecular formula is C18H27N3. The fourth-order valence-electron chi connectivity index (χ4n) is 3.54. The summed E-state index contributed by atoms with van der Waals surface area (Å²) in [5, 5.41) is 4.91. The summed E-state index contributed by atoms with van der Waals surface area (Å²) in [6.07, 6.45) is 1.12.